The average molecular weight is 444 g/mol. The van der Waals surface area contributed by atoms with Crippen molar-refractivity contribution in [1.29, 1.82) is 0 Å². The van der Waals surface area contributed by atoms with Crippen LogP contribution in [0.2, 0.25) is 5.02 Å². The first-order chi connectivity index (χ1) is 13.7. The molecule has 0 aliphatic heterocycles. The van der Waals surface area contributed by atoms with Gasteiger partial charge in [-0.2, -0.15) is 0 Å². The van der Waals surface area contributed by atoms with Gasteiger partial charge < -0.3 is 14.3 Å². The van der Waals surface area contributed by atoms with E-state index in [2.05, 4.69) is 4.99 Å². The first-order valence-corrected chi connectivity index (χ1v) is 10.0. The molecule has 156 valence electrons. The van der Waals surface area contributed by atoms with Gasteiger partial charge in [-0.15, -0.1) is 10.2 Å². The quantitative estimate of drug-likeness (QED) is 0.409. The summed E-state index contributed by atoms with van der Waals surface area (Å²) in [6.07, 6.45) is 0.666. The van der Waals surface area contributed by atoms with E-state index in [1.807, 2.05) is 48.5 Å². The van der Waals surface area contributed by atoms with Crippen LogP contribution in [-0.2, 0) is 0 Å². The van der Waals surface area contributed by atoms with E-state index in [0.29, 0.717) is 23.7 Å². The van der Waals surface area contributed by atoms with Gasteiger partial charge in [-0.25, -0.2) is 23.6 Å². The highest BCUT2D eigenvalue weighted by atomic mass is 35.7. The molecule has 0 fully saturated rings. The maximum Gasteiger partial charge on any atom is 0.213 e. The third-order valence-corrected chi connectivity index (χ3v) is 4.09. The lowest BCUT2D eigenvalue weighted by Crippen LogP contribution is -2.76. The maximum atomic E-state index is 9.01. The molecule has 0 spiro atoms. The standard InChI is InChI=1S/C19H18ClNO3.ClHO4/c1-23-13-7-8-18-15(11-13)17(21-9-4-10-22)12-19(24-18)14-5-2-3-6-16(14)20;2-1(3,4)5/h2-3,5-8,11-12,22H,4,9-10H2,1H3;(H,2,3,4,5). The summed E-state index contributed by atoms with van der Waals surface area (Å²) in [5.74, 6) is 1.44. The van der Waals surface area contributed by atoms with Crippen molar-refractivity contribution in [2.24, 2.45) is 0 Å². The maximum absolute atomic E-state index is 9.01. The van der Waals surface area contributed by atoms with Crippen LogP contribution in [0, 0.1) is 10.2 Å². The van der Waals surface area contributed by atoms with Gasteiger partial charge in [0, 0.05) is 18.6 Å². The lowest BCUT2D eigenvalue weighted by atomic mass is 10.1. The van der Waals surface area contributed by atoms with Gasteiger partial charge in [-0.1, -0.05) is 23.7 Å². The van der Waals surface area contributed by atoms with Crippen LogP contribution < -0.4 is 33.7 Å². The van der Waals surface area contributed by atoms with Gasteiger partial charge in [0.2, 0.25) is 5.36 Å². The van der Waals surface area contributed by atoms with Gasteiger partial charge >= 0.3 is 0 Å². The summed E-state index contributed by atoms with van der Waals surface area (Å²) in [7, 11) is -3.31. The number of benzene rings is 2. The van der Waals surface area contributed by atoms with Crippen molar-refractivity contribution in [3.63, 3.8) is 0 Å². The minimum absolute atomic E-state index is 0.142. The Balaban J connectivity index is 0.000000537. The van der Waals surface area contributed by atoms with E-state index in [0.717, 1.165) is 27.6 Å². The molecule has 10 heteroatoms. The highest BCUT2D eigenvalue weighted by Crippen LogP contribution is 2.29. The summed E-state index contributed by atoms with van der Waals surface area (Å²) in [6, 6.07) is 15.2. The summed E-state index contributed by atoms with van der Waals surface area (Å²) in [5.41, 5.74) is 1.57. The minimum atomic E-state index is -4.94. The van der Waals surface area contributed by atoms with Crippen molar-refractivity contribution >= 4 is 22.6 Å². The molecule has 0 unspecified atom stereocenters. The predicted molar refractivity (Wildman–Crippen MR) is 93.9 cm³/mol. The van der Waals surface area contributed by atoms with Crippen molar-refractivity contribution < 1.29 is 48.1 Å². The number of ether oxygens (including phenoxy) is 1. The average Bonchev–Trinajstić information content (AvgIpc) is 2.66. The molecule has 3 aromatic rings. The van der Waals surface area contributed by atoms with E-state index in [9.17, 15) is 0 Å². The summed E-state index contributed by atoms with van der Waals surface area (Å²) >= 11 is 6.30. The number of methoxy groups -OCH3 is 1. The van der Waals surface area contributed by atoms with Gasteiger partial charge in [0.1, 0.15) is 23.6 Å². The van der Waals surface area contributed by atoms with Crippen LogP contribution in [0.15, 0.2) is 52.9 Å². The zero-order valence-corrected chi connectivity index (χ0v) is 16.9. The monoisotopic (exact) mass is 443 g/mol. The molecule has 2 aromatic carbocycles. The normalized spacial score (nSPS) is 11.9. The first-order valence-electron chi connectivity index (χ1n) is 8.39. The molecular formula is C19H19Cl2NO7. The van der Waals surface area contributed by atoms with Crippen LogP contribution in [0.4, 0.5) is 0 Å². The van der Waals surface area contributed by atoms with Crippen molar-refractivity contribution in [2.45, 2.75) is 6.42 Å². The Morgan fingerprint density at radius 3 is 2.41 bits per heavy atom. The molecule has 1 aromatic heterocycles. The van der Waals surface area contributed by atoms with E-state index in [1.165, 1.54) is 0 Å². The highest BCUT2D eigenvalue weighted by molar-refractivity contribution is 6.33. The second kappa shape index (κ2) is 10.6. The highest BCUT2D eigenvalue weighted by Gasteiger charge is 2.12. The molecule has 0 bridgehead atoms. The lowest BCUT2D eigenvalue weighted by Gasteiger charge is -2.17. The molecule has 2 N–H and O–H groups in total. The third kappa shape index (κ3) is 7.30. The molecule has 0 amide bonds. The smallest absolute Gasteiger partial charge is 0.213 e. The number of aliphatic hydroxyl groups excluding tert-OH is 1. The summed E-state index contributed by atoms with van der Waals surface area (Å²) < 4.78 is 45.3. The predicted octanol–water partition coefficient (Wildman–Crippen LogP) is -2.63. The van der Waals surface area contributed by atoms with Gasteiger partial charge in [0.25, 0.3) is 0 Å². The molecule has 1 heterocycles. The number of hydrogen-bond acceptors (Lipinski definition) is 7. The number of hydrogen-bond donors (Lipinski definition) is 2. The van der Waals surface area contributed by atoms with Crippen LogP contribution >= 0.6 is 11.6 Å². The number of aliphatic hydroxyl groups is 1. The molecule has 29 heavy (non-hydrogen) atoms. The van der Waals surface area contributed by atoms with Gasteiger partial charge in [-0.3, -0.25) is 0 Å². The Kier molecular flexibility index (Phi) is 8.42. The first kappa shape index (κ1) is 23.1. The molecule has 3 rings (SSSR count). The molecule has 0 radical (unpaired) electrons. The van der Waals surface area contributed by atoms with Crippen molar-refractivity contribution in [3.05, 3.63) is 58.9 Å². The summed E-state index contributed by atoms with van der Waals surface area (Å²) in [4.78, 5) is 3.35. The fourth-order valence-corrected chi connectivity index (χ4v) is 2.76. The third-order valence-electron chi connectivity index (χ3n) is 3.76. The lowest BCUT2D eigenvalue weighted by molar-refractivity contribution is -2.00. The fraction of sp³-hybridized carbons (Fsp3) is 0.211. The topological polar surface area (TPSA) is 149 Å². The van der Waals surface area contributed by atoms with E-state index in [1.54, 1.807) is 7.11 Å². The van der Waals surface area contributed by atoms with E-state index in [-0.39, 0.29) is 6.61 Å². The number of nitrogens with one attached hydrogen (secondary N) is 1. The van der Waals surface area contributed by atoms with Crippen LogP contribution in [0.5, 0.6) is 5.75 Å². The molecule has 0 aliphatic rings. The Morgan fingerprint density at radius 2 is 1.79 bits per heavy atom. The van der Waals surface area contributed by atoms with Crippen molar-refractivity contribution in [3.8, 4) is 17.1 Å². The van der Waals surface area contributed by atoms with Gasteiger partial charge in [0.15, 0.2) is 0 Å². The molecule has 0 saturated heterocycles. The van der Waals surface area contributed by atoms with Crippen molar-refractivity contribution in [2.75, 3.05) is 20.3 Å². The van der Waals surface area contributed by atoms with Gasteiger partial charge in [0.05, 0.1) is 23.6 Å². The van der Waals surface area contributed by atoms with Crippen LogP contribution in [0.25, 0.3) is 22.3 Å². The molecule has 8 nitrogen and oxygen atoms in total. The minimum Gasteiger partial charge on any atom is -0.497 e. The molecule has 0 aliphatic carbocycles. The number of halogens is 2. The fourth-order valence-electron chi connectivity index (χ4n) is 2.53. The Hall–Kier alpha value is -2.17. The summed E-state index contributed by atoms with van der Waals surface area (Å²) in [6.45, 7) is 0.803. The number of rotatable bonds is 5. The Labute approximate surface area is 173 Å². The van der Waals surface area contributed by atoms with E-state index in [4.69, 9.17) is 44.5 Å². The van der Waals surface area contributed by atoms with Gasteiger partial charge in [-0.05, 0) is 30.3 Å². The molecule has 0 atom stereocenters. The second-order valence-corrected chi connectivity index (χ2v) is 6.91. The molecule has 0 saturated carbocycles. The zero-order chi connectivity index (χ0) is 21.4. The SMILES string of the molecule is COc1ccc2oc(-c3ccccc3Cl)cc(=[NH+]CCCO)c2c1.[O-][Cl+3]([O-])([O-])[O-]. The Bertz CT molecular complexity index is 1010. The van der Waals surface area contributed by atoms with Crippen LogP contribution in [0.1, 0.15) is 6.42 Å². The summed E-state index contributed by atoms with van der Waals surface area (Å²) in [5, 5.41) is 11.5. The largest absolute Gasteiger partial charge is 0.497 e. The van der Waals surface area contributed by atoms with E-state index < -0.39 is 10.2 Å². The van der Waals surface area contributed by atoms with Crippen molar-refractivity contribution in [1.82, 2.24) is 0 Å². The Morgan fingerprint density at radius 1 is 1.10 bits per heavy atom. The zero-order valence-electron chi connectivity index (χ0n) is 15.4. The van der Waals surface area contributed by atoms with Crippen LogP contribution in [0.3, 0.4) is 0 Å². The number of fused-ring (bicyclic) bond motifs is 1. The van der Waals surface area contributed by atoms with E-state index >= 15 is 0 Å². The molecular weight excluding hydrogens is 425 g/mol. The second-order valence-electron chi connectivity index (χ2n) is 5.75. The van der Waals surface area contributed by atoms with Crippen LogP contribution in [-0.4, -0.2) is 25.4 Å².